The van der Waals surface area contributed by atoms with Gasteiger partial charge in [0.1, 0.15) is 5.75 Å². The minimum Gasteiger partial charge on any atom is -0.454 e. The Morgan fingerprint density at radius 1 is 1.15 bits per heavy atom. The van der Waals surface area contributed by atoms with E-state index in [4.69, 9.17) is 9.47 Å². The molecule has 0 aromatic heterocycles. The summed E-state index contributed by atoms with van der Waals surface area (Å²) in [6.45, 7) is 8.68. The van der Waals surface area contributed by atoms with Crippen LogP contribution in [0.25, 0.3) is 6.08 Å². The summed E-state index contributed by atoms with van der Waals surface area (Å²) in [6, 6.07) is 12.8. The molecule has 0 amide bonds. The zero-order valence-corrected chi connectivity index (χ0v) is 16.7. The molecule has 1 atom stereocenters. The summed E-state index contributed by atoms with van der Waals surface area (Å²) in [5, 5.41) is 12.2. The van der Waals surface area contributed by atoms with Crippen molar-refractivity contribution in [3.05, 3.63) is 74.5 Å². The average molecular weight is 369 g/mol. The van der Waals surface area contributed by atoms with Gasteiger partial charge in [-0.15, -0.1) is 0 Å². The van der Waals surface area contributed by atoms with Crippen LogP contribution in [0.4, 0.5) is 5.69 Å². The Labute approximate surface area is 154 Å². The molecule has 0 saturated heterocycles. The van der Waals surface area contributed by atoms with Gasteiger partial charge in [0.2, 0.25) is 0 Å². The lowest BCUT2D eigenvalue weighted by Crippen LogP contribution is -2.47. The van der Waals surface area contributed by atoms with Crippen LogP contribution in [0.15, 0.2) is 47.7 Å². The van der Waals surface area contributed by atoms with Gasteiger partial charge in [-0.25, -0.2) is 0 Å². The van der Waals surface area contributed by atoms with Gasteiger partial charge in [0.05, 0.1) is 13.0 Å². The molecular weight excluding hydrogens is 346 g/mol. The van der Waals surface area contributed by atoms with Gasteiger partial charge >= 0.3 is 0 Å². The molecule has 1 aliphatic heterocycles. The first-order chi connectivity index (χ1) is 12.2. The van der Waals surface area contributed by atoms with Gasteiger partial charge in [0, 0.05) is 30.4 Å². The Morgan fingerprint density at radius 2 is 1.88 bits per heavy atom. The van der Waals surface area contributed by atoms with Crippen LogP contribution < -0.4 is 4.74 Å². The van der Waals surface area contributed by atoms with Crippen LogP contribution in [-0.4, -0.2) is 20.1 Å². The van der Waals surface area contributed by atoms with Crippen molar-refractivity contribution in [2.45, 2.75) is 32.4 Å². The lowest BCUT2D eigenvalue weighted by molar-refractivity contribution is -0.384. The molecule has 3 rings (SSSR count). The highest BCUT2D eigenvalue weighted by molar-refractivity contribution is 6.84. The van der Waals surface area contributed by atoms with Crippen molar-refractivity contribution in [2.75, 3.05) is 7.11 Å². The van der Waals surface area contributed by atoms with Gasteiger partial charge in [0.25, 0.3) is 11.5 Å². The fourth-order valence-corrected chi connectivity index (χ4v) is 5.23. The molecule has 6 heteroatoms. The number of hydrogen-bond acceptors (Lipinski definition) is 4. The Hall–Kier alpha value is -2.44. The molecule has 0 saturated carbocycles. The number of nitro groups is 1. The third-order valence-corrected chi connectivity index (χ3v) is 6.70. The molecule has 0 aliphatic carbocycles. The topological polar surface area (TPSA) is 61.6 Å². The number of benzene rings is 2. The molecule has 1 heterocycles. The standard InChI is InChI=1S/C20H23NO4Si/c1-14-7-6-8-16(11-14)20(24-2)19(26(3,4)5)13-15-12-17(21(22)23)9-10-18(15)25-20/h6-13H,1-5H3. The monoisotopic (exact) mass is 369 g/mol. The molecule has 0 bridgehead atoms. The van der Waals surface area contributed by atoms with Gasteiger partial charge < -0.3 is 9.47 Å². The summed E-state index contributed by atoms with van der Waals surface area (Å²) in [5.41, 5.74) is 2.82. The van der Waals surface area contributed by atoms with Crippen LogP contribution in [0.1, 0.15) is 16.7 Å². The van der Waals surface area contributed by atoms with Crippen LogP contribution in [0.5, 0.6) is 5.75 Å². The van der Waals surface area contributed by atoms with E-state index in [1.807, 2.05) is 31.2 Å². The largest absolute Gasteiger partial charge is 0.454 e. The lowest BCUT2D eigenvalue weighted by atomic mass is 9.98. The summed E-state index contributed by atoms with van der Waals surface area (Å²) in [6.07, 6.45) is 2.02. The smallest absolute Gasteiger partial charge is 0.270 e. The number of nitrogens with zero attached hydrogens (tertiary/aromatic N) is 1. The maximum Gasteiger partial charge on any atom is 0.270 e. The van der Waals surface area contributed by atoms with E-state index in [1.54, 1.807) is 19.2 Å². The van der Waals surface area contributed by atoms with Crippen molar-refractivity contribution in [1.29, 1.82) is 0 Å². The number of nitro benzene ring substituents is 1. The van der Waals surface area contributed by atoms with E-state index in [0.717, 1.165) is 21.9 Å². The van der Waals surface area contributed by atoms with E-state index < -0.39 is 13.9 Å². The predicted molar refractivity (Wildman–Crippen MR) is 105 cm³/mol. The molecule has 1 unspecified atom stereocenters. The molecule has 0 fully saturated rings. The number of fused-ring (bicyclic) bond motifs is 1. The van der Waals surface area contributed by atoms with Crippen LogP contribution in [0, 0.1) is 17.0 Å². The predicted octanol–water partition coefficient (Wildman–Crippen LogP) is 5.06. The van der Waals surface area contributed by atoms with E-state index in [2.05, 4.69) is 25.7 Å². The molecule has 136 valence electrons. The van der Waals surface area contributed by atoms with Crippen LogP contribution >= 0.6 is 0 Å². The van der Waals surface area contributed by atoms with Crippen molar-refractivity contribution < 1.29 is 14.4 Å². The van der Waals surface area contributed by atoms with Crippen LogP contribution in [0.2, 0.25) is 19.6 Å². The molecule has 5 nitrogen and oxygen atoms in total. The first-order valence-electron chi connectivity index (χ1n) is 8.50. The Kier molecular flexibility index (Phi) is 4.50. The van der Waals surface area contributed by atoms with Gasteiger partial charge in [-0.05, 0) is 30.3 Å². The van der Waals surface area contributed by atoms with E-state index in [9.17, 15) is 10.1 Å². The molecule has 0 radical (unpaired) electrons. The maximum atomic E-state index is 11.1. The van der Waals surface area contributed by atoms with Crippen molar-refractivity contribution in [3.63, 3.8) is 0 Å². The first kappa shape index (κ1) is 18.4. The number of aryl methyl sites for hydroxylation is 1. The van der Waals surface area contributed by atoms with Crippen molar-refractivity contribution >= 4 is 19.8 Å². The zero-order valence-electron chi connectivity index (χ0n) is 15.7. The normalized spacial score (nSPS) is 19.3. The number of ether oxygens (including phenoxy) is 2. The number of non-ortho nitro benzene ring substituents is 1. The van der Waals surface area contributed by atoms with Crippen molar-refractivity contribution in [1.82, 2.24) is 0 Å². The second kappa shape index (κ2) is 6.37. The first-order valence-corrected chi connectivity index (χ1v) is 12.0. The average Bonchev–Trinajstić information content (AvgIpc) is 2.59. The summed E-state index contributed by atoms with van der Waals surface area (Å²) in [4.78, 5) is 10.7. The molecule has 0 N–H and O–H groups in total. The molecule has 2 aromatic rings. The quantitative estimate of drug-likeness (QED) is 0.429. The zero-order chi connectivity index (χ0) is 19.1. The number of methoxy groups -OCH3 is 1. The fraction of sp³-hybridized carbons (Fsp3) is 0.300. The van der Waals surface area contributed by atoms with E-state index in [1.165, 1.54) is 6.07 Å². The summed E-state index contributed by atoms with van der Waals surface area (Å²) < 4.78 is 12.4. The second-order valence-electron chi connectivity index (χ2n) is 7.58. The molecule has 0 spiro atoms. The van der Waals surface area contributed by atoms with Gasteiger partial charge in [0.15, 0.2) is 0 Å². The summed E-state index contributed by atoms with van der Waals surface area (Å²) in [5.74, 6) is -0.430. The fourth-order valence-electron chi connectivity index (χ4n) is 3.36. The summed E-state index contributed by atoms with van der Waals surface area (Å²) in [7, 11) is -0.239. The van der Waals surface area contributed by atoms with Crippen LogP contribution in [-0.2, 0) is 10.5 Å². The van der Waals surface area contributed by atoms with Crippen molar-refractivity contribution in [2.24, 2.45) is 0 Å². The van der Waals surface area contributed by atoms with E-state index >= 15 is 0 Å². The lowest BCUT2D eigenvalue weighted by Gasteiger charge is -2.43. The van der Waals surface area contributed by atoms with Crippen LogP contribution in [0.3, 0.4) is 0 Å². The third-order valence-electron chi connectivity index (χ3n) is 4.61. The number of rotatable bonds is 4. The van der Waals surface area contributed by atoms with Gasteiger partial charge in [-0.2, -0.15) is 0 Å². The summed E-state index contributed by atoms with van der Waals surface area (Å²) >= 11 is 0. The third kappa shape index (κ3) is 3.06. The SMILES string of the molecule is COC1(c2cccc(C)c2)Oc2ccc([N+](=O)[O-])cc2C=C1[Si](C)(C)C. The number of hydrogen-bond donors (Lipinski definition) is 0. The highest BCUT2D eigenvalue weighted by Gasteiger charge is 2.47. The second-order valence-corrected chi connectivity index (χ2v) is 12.6. The maximum absolute atomic E-state index is 11.1. The minimum atomic E-state index is -1.88. The molecular formula is C20H23NO4Si. The van der Waals surface area contributed by atoms with Gasteiger partial charge in [-0.3, -0.25) is 10.1 Å². The Balaban J connectivity index is 2.26. The minimum absolute atomic E-state index is 0.0546. The highest BCUT2D eigenvalue weighted by atomic mass is 28.3. The van der Waals surface area contributed by atoms with Gasteiger partial charge in [-0.1, -0.05) is 43.4 Å². The van der Waals surface area contributed by atoms with E-state index in [0.29, 0.717) is 5.75 Å². The van der Waals surface area contributed by atoms with E-state index in [-0.39, 0.29) is 10.6 Å². The Morgan fingerprint density at radius 3 is 2.46 bits per heavy atom. The highest BCUT2D eigenvalue weighted by Crippen LogP contribution is 2.46. The Bertz CT molecular complexity index is 901. The molecule has 26 heavy (non-hydrogen) atoms. The molecule has 1 aliphatic rings. The molecule has 2 aromatic carbocycles. The van der Waals surface area contributed by atoms with Crippen molar-refractivity contribution in [3.8, 4) is 5.75 Å².